The quantitative estimate of drug-likeness (QED) is 0.542. The summed E-state index contributed by atoms with van der Waals surface area (Å²) in [6, 6.07) is 3.46. The molecule has 0 saturated carbocycles. The van der Waals surface area contributed by atoms with Crippen molar-refractivity contribution in [3.8, 4) is 0 Å². The number of imide groups is 1. The fourth-order valence-corrected chi connectivity index (χ4v) is 6.15. The van der Waals surface area contributed by atoms with E-state index in [0.717, 1.165) is 18.2 Å². The van der Waals surface area contributed by atoms with E-state index in [4.69, 9.17) is 0 Å². The highest BCUT2D eigenvalue weighted by atomic mass is 19.1. The molecule has 1 N–H and O–H groups in total. The highest BCUT2D eigenvalue weighted by Gasteiger charge is 2.75. The molecule has 32 heavy (non-hydrogen) atoms. The standard InChI is InChI=1S/C22H15F4N3O3/c23-9-4-10(24)6-12(5-9)29-19(30)16-15-2-1-3-28(15)22(17(16)20(29)31)13-7-11(25)8-14(26)18(13)27-21(22)32/h4-8,15-17H,1-3H2,(H,27,32). The lowest BCUT2D eigenvalue weighted by Crippen LogP contribution is -2.54. The van der Waals surface area contributed by atoms with E-state index in [2.05, 4.69) is 5.32 Å². The molecule has 2 aromatic rings. The molecule has 3 amide bonds. The van der Waals surface area contributed by atoms with Crippen molar-refractivity contribution < 1.29 is 31.9 Å². The molecular weight excluding hydrogens is 430 g/mol. The Kier molecular flexibility index (Phi) is 3.74. The third-order valence-electron chi connectivity index (χ3n) is 7.12. The van der Waals surface area contributed by atoms with Crippen LogP contribution in [-0.2, 0) is 19.9 Å². The second kappa shape index (κ2) is 6.16. The highest BCUT2D eigenvalue weighted by molar-refractivity contribution is 6.25. The van der Waals surface area contributed by atoms with Crippen LogP contribution in [0.2, 0.25) is 0 Å². The number of carbonyl (C=O) groups excluding carboxylic acids is 3. The predicted octanol–water partition coefficient (Wildman–Crippen LogP) is 2.67. The van der Waals surface area contributed by atoms with Crippen LogP contribution in [0.4, 0.5) is 28.9 Å². The second-order valence-corrected chi connectivity index (χ2v) is 8.58. The summed E-state index contributed by atoms with van der Waals surface area (Å²) in [5.74, 6) is -8.34. The number of hydrogen-bond donors (Lipinski definition) is 1. The molecule has 164 valence electrons. The Bertz CT molecular complexity index is 1230. The van der Waals surface area contributed by atoms with Crippen molar-refractivity contribution in [2.75, 3.05) is 16.8 Å². The summed E-state index contributed by atoms with van der Waals surface area (Å²) < 4.78 is 56.4. The maximum absolute atomic E-state index is 14.5. The van der Waals surface area contributed by atoms with Crippen molar-refractivity contribution in [1.29, 1.82) is 0 Å². The number of amides is 3. The Balaban J connectivity index is 1.58. The summed E-state index contributed by atoms with van der Waals surface area (Å²) >= 11 is 0. The summed E-state index contributed by atoms with van der Waals surface area (Å²) in [5.41, 5.74) is -2.32. The van der Waals surface area contributed by atoms with E-state index in [1.165, 1.54) is 0 Å². The van der Waals surface area contributed by atoms with E-state index in [1.54, 1.807) is 4.90 Å². The lowest BCUT2D eigenvalue weighted by Gasteiger charge is -2.36. The number of nitrogens with one attached hydrogen (secondary N) is 1. The first-order valence-corrected chi connectivity index (χ1v) is 10.2. The van der Waals surface area contributed by atoms with Gasteiger partial charge in [0.25, 0.3) is 5.91 Å². The van der Waals surface area contributed by atoms with Gasteiger partial charge in [0.1, 0.15) is 28.8 Å². The number of anilines is 2. The van der Waals surface area contributed by atoms with Crippen LogP contribution in [0.1, 0.15) is 18.4 Å². The van der Waals surface area contributed by atoms with Crippen LogP contribution >= 0.6 is 0 Å². The Morgan fingerprint density at radius 3 is 2.31 bits per heavy atom. The normalized spacial score (nSPS) is 30.8. The lowest BCUT2D eigenvalue weighted by atomic mass is 9.75. The third kappa shape index (κ3) is 2.15. The van der Waals surface area contributed by atoms with Crippen LogP contribution < -0.4 is 10.2 Å². The van der Waals surface area contributed by atoms with Gasteiger partial charge in [0, 0.05) is 23.7 Å². The van der Waals surface area contributed by atoms with E-state index in [1.807, 2.05) is 0 Å². The zero-order valence-corrected chi connectivity index (χ0v) is 16.4. The van der Waals surface area contributed by atoms with Crippen LogP contribution in [0.5, 0.6) is 0 Å². The van der Waals surface area contributed by atoms with Gasteiger partial charge < -0.3 is 5.32 Å². The van der Waals surface area contributed by atoms with Gasteiger partial charge in [-0.15, -0.1) is 0 Å². The molecule has 1 spiro atoms. The molecule has 0 aliphatic carbocycles. The largest absolute Gasteiger partial charge is 0.321 e. The molecule has 0 aromatic heterocycles. The number of benzene rings is 2. The molecule has 6 rings (SSSR count). The van der Waals surface area contributed by atoms with E-state index in [-0.39, 0.29) is 16.9 Å². The molecule has 4 atom stereocenters. The molecule has 2 aromatic carbocycles. The second-order valence-electron chi connectivity index (χ2n) is 8.58. The molecule has 4 heterocycles. The van der Waals surface area contributed by atoms with Gasteiger partial charge in [-0.1, -0.05) is 0 Å². The summed E-state index contributed by atoms with van der Waals surface area (Å²) in [4.78, 5) is 42.8. The fourth-order valence-electron chi connectivity index (χ4n) is 6.15. The molecule has 4 unspecified atom stereocenters. The highest BCUT2D eigenvalue weighted by Crippen LogP contribution is 2.61. The number of carbonyl (C=O) groups is 3. The monoisotopic (exact) mass is 445 g/mol. The summed E-state index contributed by atoms with van der Waals surface area (Å²) in [6.07, 6.45) is 1.11. The van der Waals surface area contributed by atoms with Crippen molar-refractivity contribution in [2.45, 2.75) is 24.4 Å². The average Bonchev–Trinajstić information content (AvgIpc) is 3.40. The minimum Gasteiger partial charge on any atom is -0.321 e. The molecule has 4 aliphatic rings. The van der Waals surface area contributed by atoms with Gasteiger partial charge in [0.15, 0.2) is 0 Å². The van der Waals surface area contributed by atoms with Gasteiger partial charge in [-0.25, -0.2) is 22.5 Å². The lowest BCUT2D eigenvalue weighted by molar-refractivity contribution is -0.135. The molecule has 0 bridgehead atoms. The molecule has 3 fully saturated rings. The summed E-state index contributed by atoms with van der Waals surface area (Å²) in [7, 11) is 0. The van der Waals surface area contributed by atoms with Crippen LogP contribution in [-0.4, -0.2) is 35.2 Å². The average molecular weight is 445 g/mol. The Labute approximate surface area is 178 Å². The van der Waals surface area contributed by atoms with Crippen LogP contribution in [0.15, 0.2) is 30.3 Å². The van der Waals surface area contributed by atoms with Crippen LogP contribution in [0.25, 0.3) is 0 Å². The molecule has 4 aliphatic heterocycles. The zero-order chi connectivity index (χ0) is 22.5. The first-order chi connectivity index (χ1) is 15.2. The van der Waals surface area contributed by atoms with Gasteiger partial charge in [-0.05, 0) is 37.6 Å². The van der Waals surface area contributed by atoms with E-state index in [0.29, 0.717) is 36.4 Å². The molecule has 0 radical (unpaired) electrons. The number of hydrogen-bond acceptors (Lipinski definition) is 4. The van der Waals surface area contributed by atoms with Gasteiger partial charge in [0.05, 0.1) is 23.2 Å². The van der Waals surface area contributed by atoms with Gasteiger partial charge in [-0.2, -0.15) is 0 Å². The summed E-state index contributed by atoms with van der Waals surface area (Å²) in [5, 5.41) is 2.43. The van der Waals surface area contributed by atoms with E-state index in [9.17, 15) is 31.9 Å². The smallest absolute Gasteiger partial charge is 0.250 e. The number of halogens is 4. The third-order valence-corrected chi connectivity index (χ3v) is 7.12. The summed E-state index contributed by atoms with van der Waals surface area (Å²) in [6.45, 7) is 0.359. The van der Waals surface area contributed by atoms with Crippen LogP contribution in [0.3, 0.4) is 0 Å². The minimum atomic E-state index is -1.78. The molecule has 10 heteroatoms. The molecular formula is C22H15F4N3O3. The van der Waals surface area contributed by atoms with Gasteiger partial charge in [0.2, 0.25) is 11.8 Å². The Hall–Kier alpha value is -3.27. The topological polar surface area (TPSA) is 69.7 Å². The van der Waals surface area contributed by atoms with Gasteiger partial charge >= 0.3 is 0 Å². The SMILES string of the molecule is O=C1C2C3CCCN3C3(C(=O)Nc4c(F)cc(F)cc43)C2C(=O)N1c1cc(F)cc(F)c1. The van der Waals surface area contributed by atoms with Gasteiger partial charge in [-0.3, -0.25) is 19.3 Å². The molecule has 3 saturated heterocycles. The van der Waals surface area contributed by atoms with Crippen molar-refractivity contribution in [3.05, 3.63) is 59.2 Å². The number of rotatable bonds is 1. The van der Waals surface area contributed by atoms with E-state index >= 15 is 0 Å². The van der Waals surface area contributed by atoms with Crippen molar-refractivity contribution >= 4 is 29.1 Å². The van der Waals surface area contributed by atoms with Crippen molar-refractivity contribution in [2.24, 2.45) is 11.8 Å². The molecule has 6 nitrogen and oxygen atoms in total. The fraction of sp³-hybridized carbons (Fsp3) is 0.318. The Morgan fingerprint density at radius 2 is 1.59 bits per heavy atom. The minimum absolute atomic E-state index is 0.0344. The van der Waals surface area contributed by atoms with Crippen molar-refractivity contribution in [3.63, 3.8) is 0 Å². The number of nitrogens with zero attached hydrogens (tertiary/aromatic N) is 2. The number of fused-ring (bicyclic) bond motifs is 7. The predicted molar refractivity (Wildman–Crippen MR) is 102 cm³/mol. The zero-order valence-electron chi connectivity index (χ0n) is 16.4. The maximum Gasteiger partial charge on any atom is 0.250 e. The maximum atomic E-state index is 14.5. The Morgan fingerprint density at radius 1 is 0.906 bits per heavy atom. The van der Waals surface area contributed by atoms with Crippen LogP contribution in [0, 0.1) is 35.1 Å². The van der Waals surface area contributed by atoms with E-state index < -0.39 is 64.4 Å². The first kappa shape index (κ1) is 19.4. The first-order valence-electron chi connectivity index (χ1n) is 10.2. The van der Waals surface area contributed by atoms with Crippen molar-refractivity contribution in [1.82, 2.24) is 4.90 Å².